The summed E-state index contributed by atoms with van der Waals surface area (Å²) in [5.74, 6) is -0.206. The summed E-state index contributed by atoms with van der Waals surface area (Å²) in [5, 5.41) is 5.43. The number of carbonyl (C=O) groups excluding carboxylic acids is 1. The minimum absolute atomic E-state index is 0.188. The lowest BCUT2D eigenvalue weighted by atomic mass is 10.1. The molecule has 0 bridgehead atoms. The predicted molar refractivity (Wildman–Crippen MR) is 76.4 cm³/mol. The molecule has 1 heterocycles. The fourth-order valence-electron chi connectivity index (χ4n) is 2.01. The van der Waals surface area contributed by atoms with Gasteiger partial charge in [0.25, 0.3) is 16.1 Å². The number of hydrogen-bond donors (Lipinski definition) is 2. The summed E-state index contributed by atoms with van der Waals surface area (Å²) in [6.45, 7) is 0.955. The van der Waals surface area contributed by atoms with Gasteiger partial charge in [-0.2, -0.15) is 12.7 Å². The molecule has 1 saturated heterocycles. The number of nitrogens with zero attached hydrogens (tertiary/aromatic N) is 2. The molecule has 1 aromatic rings. The van der Waals surface area contributed by atoms with Gasteiger partial charge >= 0.3 is 0 Å². The molecule has 2 rings (SSSR count). The Balaban J connectivity index is 2.07. The molecule has 110 valence electrons. The lowest BCUT2D eigenvalue weighted by molar-refractivity contribution is 0.0698. The zero-order valence-electron chi connectivity index (χ0n) is 10.6. The van der Waals surface area contributed by atoms with Gasteiger partial charge in [-0.25, -0.2) is 5.14 Å². The van der Waals surface area contributed by atoms with Crippen LogP contribution < -0.4 is 10.9 Å². The number of benzene rings is 1. The molecule has 0 saturated carbocycles. The highest BCUT2D eigenvalue weighted by Crippen LogP contribution is 2.20. The summed E-state index contributed by atoms with van der Waals surface area (Å²) < 4.78 is 23.5. The molecule has 0 spiro atoms. The van der Waals surface area contributed by atoms with Crippen molar-refractivity contribution in [2.24, 2.45) is 5.14 Å². The standard InChI is InChI=1S/C11H15ClN4O3S/c12-9-2-1-8(7-10(9)13)11(17)15-3-5-16(6-4-15)20(14,18)19/h1-2,7H,3-6,13H2,(H2,14,18,19). The molecular weight excluding hydrogens is 304 g/mol. The Bertz CT molecular complexity index is 627. The monoisotopic (exact) mass is 318 g/mol. The maximum atomic E-state index is 12.2. The normalized spacial score (nSPS) is 17.2. The summed E-state index contributed by atoms with van der Waals surface area (Å²) in [6.07, 6.45) is 0. The van der Waals surface area contributed by atoms with Crippen molar-refractivity contribution in [3.63, 3.8) is 0 Å². The van der Waals surface area contributed by atoms with E-state index in [0.29, 0.717) is 16.3 Å². The summed E-state index contributed by atoms with van der Waals surface area (Å²) in [5.41, 5.74) is 6.42. The van der Waals surface area contributed by atoms with E-state index in [9.17, 15) is 13.2 Å². The number of carbonyl (C=O) groups is 1. The minimum Gasteiger partial charge on any atom is -0.398 e. The van der Waals surface area contributed by atoms with Gasteiger partial charge in [0.15, 0.2) is 0 Å². The SMILES string of the molecule is Nc1cc(C(=O)N2CCN(S(N)(=O)=O)CC2)ccc1Cl. The van der Waals surface area contributed by atoms with Gasteiger partial charge in [-0.05, 0) is 18.2 Å². The Morgan fingerprint density at radius 2 is 1.80 bits per heavy atom. The van der Waals surface area contributed by atoms with E-state index < -0.39 is 10.2 Å². The van der Waals surface area contributed by atoms with Gasteiger partial charge in [0.05, 0.1) is 10.7 Å². The highest BCUT2D eigenvalue weighted by molar-refractivity contribution is 7.86. The van der Waals surface area contributed by atoms with Gasteiger partial charge in [0, 0.05) is 31.7 Å². The van der Waals surface area contributed by atoms with E-state index in [-0.39, 0.29) is 32.1 Å². The first kappa shape index (κ1) is 15.0. The maximum absolute atomic E-state index is 12.2. The van der Waals surface area contributed by atoms with E-state index in [1.54, 1.807) is 17.0 Å². The van der Waals surface area contributed by atoms with Crippen LogP contribution in [0.15, 0.2) is 18.2 Å². The third kappa shape index (κ3) is 3.21. The van der Waals surface area contributed by atoms with Gasteiger partial charge in [0.2, 0.25) is 0 Å². The second-order valence-corrected chi connectivity index (χ2v) is 6.43. The highest BCUT2D eigenvalue weighted by Gasteiger charge is 2.27. The number of halogens is 1. The average Bonchev–Trinajstić information content (AvgIpc) is 2.40. The molecule has 1 fully saturated rings. The summed E-state index contributed by atoms with van der Waals surface area (Å²) in [4.78, 5) is 13.8. The fourth-order valence-corrected chi connectivity index (χ4v) is 2.79. The highest BCUT2D eigenvalue weighted by atomic mass is 35.5. The van der Waals surface area contributed by atoms with Gasteiger partial charge in [-0.15, -0.1) is 0 Å². The van der Waals surface area contributed by atoms with Gasteiger partial charge in [0.1, 0.15) is 0 Å². The van der Waals surface area contributed by atoms with Crippen molar-refractivity contribution in [1.29, 1.82) is 0 Å². The predicted octanol–water partition coefficient (Wildman–Crippen LogP) is -0.116. The summed E-state index contributed by atoms with van der Waals surface area (Å²) >= 11 is 5.80. The Morgan fingerprint density at radius 3 is 2.30 bits per heavy atom. The van der Waals surface area contributed by atoms with E-state index in [1.165, 1.54) is 6.07 Å². The topological polar surface area (TPSA) is 110 Å². The van der Waals surface area contributed by atoms with Crippen LogP contribution in [0.3, 0.4) is 0 Å². The van der Waals surface area contributed by atoms with Gasteiger partial charge in [-0.3, -0.25) is 4.79 Å². The van der Waals surface area contributed by atoms with Crippen LogP contribution in [0.2, 0.25) is 5.02 Å². The van der Waals surface area contributed by atoms with Crippen molar-refractivity contribution >= 4 is 33.4 Å². The van der Waals surface area contributed by atoms with Crippen molar-refractivity contribution in [2.75, 3.05) is 31.9 Å². The Morgan fingerprint density at radius 1 is 1.20 bits per heavy atom. The molecule has 0 unspecified atom stereocenters. The van der Waals surface area contributed by atoms with Crippen molar-refractivity contribution in [2.45, 2.75) is 0 Å². The molecule has 0 aromatic heterocycles. The number of amides is 1. The number of nitrogen functional groups attached to an aromatic ring is 1. The van der Waals surface area contributed by atoms with Crippen LogP contribution in [0.4, 0.5) is 5.69 Å². The van der Waals surface area contributed by atoms with E-state index in [4.69, 9.17) is 22.5 Å². The largest absolute Gasteiger partial charge is 0.398 e. The van der Waals surface area contributed by atoms with Crippen LogP contribution in [-0.4, -0.2) is 49.7 Å². The first-order valence-corrected chi connectivity index (χ1v) is 7.79. The average molecular weight is 319 g/mol. The molecule has 20 heavy (non-hydrogen) atoms. The van der Waals surface area contributed by atoms with Crippen LogP contribution in [0.25, 0.3) is 0 Å². The summed E-state index contributed by atoms with van der Waals surface area (Å²) in [6, 6.07) is 4.66. The minimum atomic E-state index is -3.69. The Labute approximate surface area is 122 Å². The van der Waals surface area contributed by atoms with Crippen molar-refractivity contribution in [3.05, 3.63) is 28.8 Å². The third-order valence-electron chi connectivity index (χ3n) is 3.13. The van der Waals surface area contributed by atoms with E-state index in [1.807, 2.05) is 0 Å². The Hall–Kier alpha value is -1.35. The zero-order valence-corrected chi connectivity index (χ0v) is 12.2. The first-order chi connectivity index (χ1) is 9.29. The van der Waals surface area contributed by atoms with Gasteiger partial charge < -0.3 is 10.6 Å². The lowest BCUT2D eigenvalue weighted by Gasteiger charge is -2.33. The number of hydrogen-bond acceptors (Lipinski definition) is 4. The van der Waals surface area contributed by atoms with Crippen LogP contribution in [0.1, 0.15) is 10.4 Å². The number of nitrogens with two attached hydrogens (primary N) is 2. The smallest absolute Gasteiger partial charge is 0.277 e. The van der Waals surface area contributed by atoms with Crippen LogP contribution in [0.5, 0.6) is 0 Å². The van der Waals surface area contributed by atoms with E-state index in [2.05, 4.69) is 0 Å². The first-order valence-electron chi connectivity index (χ1n) is 5.91. The third-order valence-corrected chi connectivity index (χ3v) is 4.56. The molecule has 0 atom stereocenters. The molecule has 1 aliphatic heterocycles. The van der Waals surface area contributed by atoms with E-state index >= 15 is 0 Å². The second kappa shape index (κ2) is 5.57. The molecule has 4 N–H and O–H groups in total. The molecule has 9 heteroatoms. The Kier molecular flexibility index (Phi) is 4.19. The molecule has 7 nitrogen and oxygen atoms in total. The second-order valence-electron chi connectivity index (χ2n) is 4.47. The van der Waals surface area contributed by atoms with Crippen molar-refractivity contribution in [1.82, 2.24) is 9.21 Å². The van der Waals surface area contributed by atoms with Crippen LogP contribution in [0, 0.1) is 0 Å². The fraction of sp³-hybridized carbons (Fsp3) is 0.364. The lowest BCUT2D eigenvalue weighted by Crippen LogP contribution is -2.52. The summed E-state index contributed by atoms with van der Waals surface area (Å²) in [7, 11) is -3.69. The van der Waals surface area contributed by atoms with Crippen molar-refractivity contribution in [3.8, 4) is 0 Å². The molecule has 1 amide bonds. The van der Waals surface area contributed by atoms with E-state index in [0.717, 1.165) is 4.31 Å². The molecule has 1 aromatic carbocycles. The molecule has 1 aliphatic rings. The number of rotatable bonds is 2. The maximum Gasteiger partial charge on any atom is 0.277 e. The molecule has 0 radical (unpaired) electrons. The quantitative estimate of drug-likeness (QED) is 0.741. The van der Waals surface area contributed by atoms with Crippen LogP contribution in [-0.2, 0) is 10.2 Å². The molecular formula is C11H15ClN4O3S. The molecule has 0 aliphatic carbocycles. The van der Waals surface area contributed by atoms with Gasteiger partial charge in [-0.1, -0.05) is 11.6 Å². The van der Waals surface area contributed by atoms with Crippen molar-refractivity contribution < 1.29 is 13.2 Å². The number of piperazine rings is 1. The zero-order chi connectivity index (χ0) is 14.9. The van der Waals surface area contributed by atoms with Crippen LogP contribution >= 0.6 is 11.6 Å². The number of anilines is 1.